The van der Waals surface area contributed by atoms with Crippen LogP contribution in [-0.4, -0.2) is 41.6 Å². The standard InChI is InChI=1S/C23H25BrN3O4/c1-4-25-18-12-15(24)13-19(31-11-10-30-3)21(18)26(5-2)20(25)14-27-22(28)16-8-6-7-9-17(16)23(27)29/h6-9,12-13H,4-5,10-11,14H2,1-3H3/q+1. The maximum absolute atomic E-state index is 13.0. The molecule has 2 aromatic carbocycles. The van der Waals surface area contributed by atoms with E-state index in [1.807, 2.05) is 19.1 Å². The van der Waals surface area contributed by atoms with Gasteiger partial charge in [0.1, 0.15) is 13.2 Å². The third-order valence-electron chi connectivity index (χ3n) is 5.56. The van der Waals surface area contributed by atoms with Crippen molar-refractivity contribution < 1.29 is 23.6 Å². The Morgan fingerprint density at radius 3 is 2.29 bits per heavy atom. The molecule has 0 fully saturated rings. The summed E-state index contributed by atoms with van der Waals surface area (Å²) in [4.78, 5) is 27.3. The van der Waals surface area contributed by atoms with Crippen molar-refractivity contribution in [3.05, 3.63) is 57.8 Å². The minimum absolute atomic E-state index is 0.192. The number of halogens is 1. The lowest BCUT2D eigenvalue weighted by Gasteiger charge is -2.13. The van der Waals surface area contributed by atoms with E-state index in [2.05, 4.69) is 32.0 Å². The Hall–Kier alpha value is -2.71. The number of methoxy groups -OCH3 is 1. The van der Waals surface area contributed by atoms with Crippen molar-refractivity contribution in [2.45, 2.75) is 33.5 Å². The van der Waals surface area contributed by atoms with E-state index in [1.54, 1.807) is 31.4 Å². The van der Waals surface area contributed by atoms with Crippen molar-refractivity contribution in [2.75, 3.05) is 20.3 Å². The van der Waals surface area contributed by atoms with Gasteiger partial charge in [-0.15, -0.1) is 0 Å². The van der Waals surface area contributed by atoms with E-state index in [-0.39, 0.29) is 18.4 Å². The van der Waals surface area contributed by atoms with Gasteiger partial charge >= 0.3 is 0 Å². The molecule has 0 unspecified atom stereocenters. The highest BCUT2D eigenvalue weighted by atomic mass is 79.9. The second-order valence-corrected chi connectivity index (χ2v) is 8.18. The fourth-order valence-corrected chi connectivity index (χ4v) is 4.61. The molecule has 8 heteroatoms. The summed E-state index contributed by atoms with van der Waals surface area (Å²) in [5, 5.41) is 0. The van der Waals surface area contributed by atoms with Crippen LogP contribution in [0.1, 0.15) is 40.4 Å². The molecule has 0 spiro atoms. The van der Waals surface area contributed by atoms with E-state index >= 15 is 0 Å². The summed E-state index contributed by atoms with van der Waals surface area (Å²) in [6.07, 6.45) is 0. The number of benzene rings is 2. The zero-order valence-corrected chi connectivity index (χ0v) is 19.4. The van der Waals surface area contributed by atoms with Crippen molar-refractivity contribution >= 4 is 38.8 Å². The summed E-state index contributed by atoms with van der Waals surface area (Å²) in [6, 6.07) is 11.0. The van der Waals surface area contributed by atoms with Crippen LogP contribution in [0.2, 0.25) is 0 Å². The number of aromatic nitrogens is 2. The van der Waals surface area contributed by atoms with E-state index in [0.29, 0.717) is 37.4 Å². The summed E-state index contributed by atoms with van der Waals surface area (Å²) in [7, 11) is 1.64. The van der Waals surface area contributed by atoms with Crippen molar-refractivity contribution in [3.8, 4) is 5.75 Å². The summed E-state index contributed by atoms with van der Waals surface area (Å²) in [5.74, 6) is 1.10. The lowest BCUT2D eigenvalue weighted by atomic mass is 10.1. The van der Waals surface area contributed by atoms with Gasteiger partial charge in [0.05, 0.1) is 30.8 Å². The number of imide groups is 1. The van der Waals surface area contributed by atoms with Crippen molar-refractivity contribution in [1.29, 1.82) is 0 Å². The SMILES string of the molecule is CCn1c(CN2C(=O)c3ccccc3C2=O)[n+](CC)c2cc(Br)cc(OCCOC)c21. The molecule has 1 aliphatic heterocycles. The molecule has 0 saturated carbocycles. The van der Waals surface area contributed by atoms with Gasteiger partial charge in [-0.3, -0.25) is 14.5 Å². The molecule has 1 aromatic heterocycles. The van der Waals surface area contributed by atoms with Crippen LogP contribution in [0.3, 0.4) is 0 Å². The number of imidazole rings is 1. The Kier molecular flexibility index (Phi) is 6.11. The molecular weight excluding hydrogens is 462 g/mol. The van der Waals surface area contributed by atoms with Crippen LogP contribution in [0.15, 0.2) is 40.9 Å². The van der Waals surface area contributed by atoms with E-state index in [9.17, 15) is 9.59 Å². The topological polar surface area (TPSA) is 64.7 Å². The normalized spacial score (nSPS) is 13.4. The molecule has 0 aliphatic carbocycles. The molecule has 2 heterocycles. The first kappa shape index (κ1) is 21.5. The molecular formula is C23H25BrN3O4+. The maximum atomic E-state index is 13.0. The molecule has 4 rings (SSSR count). The molecule has 0 N–H and O–H groups in total. The third kappa shape index (κ3) is 3.64. The summed E-state index contributed by atoms with van der Waals surface area (Å²) < 4.78 is 16.3. The van der Waals surface area contributed by atoms with Crippen LogP contribution < -0.4 is 9.30 Å². The molecule has 0 atom stereocenters. The van der Waals surface area contributed by atoms with Gasteiger partial charge in [-0.25, -0.2) is 9.13 Å². The first-order valence-corrected chi connectivity index (χ1v) is 11.1. The quantitative estimate of drug-likeness (QED) is 0.277. The minimum atomic E-state index is -0.256. The number of ether oxygens (including phenoxy) is 2. The number of nitrogens with zero attached hydrogens (tertiary/aromatic N) is 3. The predicted octanol–water partition coefficient (Wildman–Crippen LogP) is 3.55. The molecule has 3 aromatic rings. The third-order valence-corrected chi connectivity index (χ3v) is 6.02. The van der Waals surface area contributed by atoms with Crippen LogP contribution in [0.4, 0.5) is 0 Å². The molecule has 31 heavy (non-hydrogen) atoms. The molecule has 7 nitrogen and oxygen atoms in total. The van der Waals surface area contributed by atoms with Crippen molar-refractivity contribution in [1.82, 2.24) is 9.47 Å². The maximum Gasteiger partial charge on any atom is 0.278 e. The van der Waals surface area contributed by atoms with Gasteiger partial charge in [-0.2, -0.15) is 0 Å². The number of carbonyl (C=O) groups is 2. The van der Waals surface area contributed by atoms with E-state index < -0.39 is 0 Å². The first-order chi connectivity index (χ1) is 15.0. The highest BCUT2D eigenvalue weighted by molar-refractivity contribution is 9.10. The smallest absolute Gasteiger partial charge is 0.278 e. The number of hydrogen-bond donors (Lipinski definition) is 0. The zero-order valence-electron chi connectivity index (χ0n) is 17.9. The largest absolute Gasteiger partial charge is 0.487 e. The Labute approximate surface area is 189 Å². The van der Waals surface area contributed by atoms with Crippen LogP contribution in [-0.2, 0) is 24.4 Å². The molecule has 1 aliphatic rings. The fourth-order valence-electron chi connectivity index (χ4n) is 4.18. The number of amides is 2. The monoisotopic (exact) mass is 486 g/mol. The van der Waals surface area contributed by atoms with Gasteiger partial charge in [0.25, 0.3) is 17.6 Å². The van der Waals surface area contributed by atoms with Crippen LogP contribution >= 0.6 is 15.9 Å². The molecule has 0 saturated heterocycles. The molecule has 162 valence electrons. The first-order valence-electron chi connectivity index (χ1n) is 10.3. The highest BCUT2D eigenvalue weighted by Crippen LogP contribution is 2.32. The Balaban J connectivity index is 1.82. The van der Waals surface area contributed by atoms with E-state index in [4.69, 9.17) is 9.47 Å². The summed E-state index contributed by atoms with van der Waals surface area (Å²) in [5.41, 5.74) is 2.84. The second kappa shape index (κ2) is 8.80. The van der Waals surface area contributed by atoms with Crippen LogP contribution in [0.5, 0.6) is 5.75 Å². The minimum Gasteiger partial charge on any atom is -0.487 e. The highest BCUT2D eigenvalue weighted by Gasteiger charge is 2.39. The number of fused-ring (bicyclic) bond motifs is 2. The average molecular weight is 487 g/mol. The average Bonchev–Trinajstić information content (AvgIpc) is 3.20. The van der Waals surface area contributed by atoms with Crippen LogP contribution in [0.25, 0.3) is 11.0 Å². The van der Waals surface area contributed by atoms with Gasteiger partial charge in [0.15, 0.2) is 11.3 Å². The summed E-state index contributed by atoms with van der Waals surface area (Å²) >= 11 is 3.59. The molecule has 0 bridgehead atoms. The van der Waals surface area contributed by atoms with Gasteiger partial charge < -0.3 is 9.47 Å². The van der Waals surface area contributed by atoms with E-state index in [1.165, 1.54) is 4.90 Å². The van der Waals surface area contributed by atoms with Gasteiger partial charge in [-0.05, 0) is 32.0 Å². The Morgan fingerprint density at radius 2 is 1.71 bits per heavy atom. The predicted molar refractivity (Wildman–Crippen MR) is 119 cm³/mol. The lowest BCUT2D eigenvalue weighted by molar-refractivity contribution is -0.677. The van der Waals surface area contributed by atoms with E-state index in [0.717, 1.165) is 27.1 Å². The van der Waals surface area contributed by atoms with Gasteiger partial charge in [-0.1, -0.05) is 28.1 Å². The Bertz CT molecular complexity index is 1140. The lowest BCUT2D eigenvalue weighted by Crippen LogP contribution is -2.41. The number of aryl methyl sites for hydroxylation is 2. The van der Waals surface area contributed by atoms with Crippen molar-refractivity contribution in [3.63, 3.8) is 0 Å². The second-order valence-electron chi connectivity index (χ2n) is 7.26. The van der Waals surface area contributed by atoms with Crippen molar-refractivity contribution in [2.24, 2.45) is 0 Å². The van der Waals surface area contributed by atoms with Gasteiger partial charge in [0.2, 0.25) is 5.52 Å². The fraction of sp³-hybridized carbons (Fsp3) is 0.348. The van der Waals surface area contributed by atoms with Gasteiger partial charge in [0, 0.05) is 17.6 Å². The zero-order chi connectivity index (χ0) is 22.1. The Morgan fingerprint density at radius 1 is 1.03 bits per heavy atom. The molecule has 0 radical (unpaired) electrons. The number of rotatable bonds is 8. The number of hydrogen-bond acceptors (Lipinski definition) is 4. The van der Waals surface area contributed by atoms with Crippen LogP contribution in [0, 0.1) is 0 Å². The number of carbonyl (C=O) groups excluding carboxylic acids is 2. The molecule has 2 amide bonds. The summed E-state index contributed by atoms with van der Waals surface area (Å²) in [6.45, 7) is 6.56.